The number of nitrogens with one attached hydrogen (secondary N) is 1. The molecule has 0 unspecified atom stereocenters. The average Bonchev–Trinajstić information content (AvgIpc) is 3.22. The van der Waals surface area contributed by atoms with Crippen LogP contribution < -0.4 is 10.2 Å². The highest BCUT2D eigenvalue weighted by Gasteiger charge is 2.36. The second kappa shape index (κ2) is 7.92. The highest BCUT2D eigenvalue weighted by molar-refractivity contribution is 6.30. The molecule has 0 aliphatic carbocycles. The Morgan fingerprint density at radius 2 is 1.93 bits per heavy atom. The van der Waals surface area contributed by atoms with E-state index in [-0.39, 0.29) is 12.1 Å². The van der Waals surface area contributed by atoms with E-state index in [2.05, 4.69) is 10.2 Å². The van der Waals surface area contributed by atoms with Gasteiger partial charge in [0.1, 0.15) is 11.3 Å². The molecule has 1 N–H and O–H groups in total. The fourth-order valence-electron chi connectivity index (χ4n) is 3.49. The molecule has 0 saturated carbocycles. The first-order valence-electron chi connectivity index (χ1n) is 9.37. The fraction of sp³-hybridized carbons (Fsp3) is 0.286. The Bertz CT molecular complexity index is 974. The third-order valence-electron chi connectivity index (χ3n) is 4.96. The number of ether oxygens (including phenoxy) is 1. The largest absolute Gasteiger partial charge is 0.467 e. The van der Waals surface area contributed by atoms with Crippen LogP contribution in [0.25, 0.3) is 6.08 Å². The Hall–Kier alpha value is -3.39. The lowest BCUT2D eigenvalue weighted by molar-refractivity contribution is -0.130. The molecule has 2 aromatic rings. The summed E-state index contributed by atoms with van der Waals surface area (Å²) in [5.74, 6) is -0.899. The van der Waals surface area contributed by atoms with Gasteiger partial charge in [0.05, 0.1) is 26.0 Å². The van der Waals surface area contributed by atoms with Crippen molar-refractivity contribution in [3.8, 4) is 0 Å². The van der Waals surface area contributed by atoms with Crippen molar-refractivity contribution in [1.82, 2.24) is 10.2 Å². The van der Waals surface area contributed by atoms with Gasteiger partial charge in [-0.3, -0.25) is 19.8 Å². The van der Waals surface area contributed by atoms with Crippen LogP contribution in [0, 0.1) is 6.92 Å². The van der Waals surface area contributed by atoms with Crippen LogP contribution in [0.15, 0.2) is 46.6 Å². The summed E-state index contributed by atoms with van der Waals surface area (Å²) < 4.78 is 10.6. The molecule has 0 bridgehead atoms. The molecule has 4 rings (SSSR count). The van der Waals surface area contributed by atoms with Crippen LogP contribution in [0.3, 0.4) is 0 Å². The molecule has 1 aromatic carbocycles. The van der Waals surface area contributed by atoms with Crippen molar-refractivity contribution in [2.24, 2.45) is 0 Å². The number of nitrogens with zero attached hydrogens (tertiary/aromatic N) is 2. The molecule has 1 aromatic heterocycles. The van der Waals surface area contributed by atoms with E-state index < -0.39 is 17.8 Å². The molecule has 4 amide bonds. The van der Waals surface area contributed by atoms with E-state index in [9.17, 15) is 14.4 Å². The van der Waals surface area contributed by atoms with Gasteiger partial charge in [-0.25, -0.2) is 4.79 Å². The number of amides is 4. The van der Waals surface area contributed by atoms with Gasteiger partial charge >= 0.3 is 6.03 Å². The lowest BCUT2D eigenvalue weighted by Gasteiger charge is -2.30. The highest BCUT2D eigenvalue weighted by Crippen LogP contribution is 2.24. The number of urea groups is 1. The van der Waals surface area contributed by atoms with E-state index in [1.54, 1.807) is 12.1 Å². The van der Waals surface area contributed by atoms with Gasteiger partial charge in [0.2, 0.25) is 0 Å². The zero-order valence-electron chi connectivity index (χ0n) is 16.0. The number of furan rings is 1. The maximum atomic E-state index is 12.8. The number of aryl methyl sites for hydroxylation is 1. The summed E-state index contributed by atoms with van der Waals surface area (Å²) in [6.45, 7) is 4.98. The summed E-state index contributed by atoms with van der Waals surface area (Å²) in [6.07, 6.45) is 2.97. The molecule has 2 fully saturated rings. The normalized spacial score (nSPS) is 19.1. The summed E-state index contributed by atoms with van der Waals surface area (Å²) in [4.78, 5) is 40.4. The van der Waals surface area contributed by atoms with Crippen LogP contribution in [-0.4, -0.2) is 49.0 Å². The fourth-order valence-corrected chi connectivity index (χ4v) is 3.49. The molecule has 2 aliphatic heterocycles. The van der Waals surface area contributed by atoms with Crippen LogP contribution in [0.1, 0.15) is 16.9 Å². The minimum atomic E-state index is -0.757. The number of benzene rings is 1. The van der Waals surface area contributed by atoms with Crippen LogP contribution in [0.2, 0.25) is 0 Å². The molecular weight excluding hydrogens is 374 g/mol. The van der Waals surface area contributed by atoms with Crippen molar-refractivity contribution in [2.75, 3.05) is 31.2 Å². The number of hydrogen-bond donors (Lipinski definition) is 1. The summed E-state index contributed by atoms with van der Waals surface area (Å²) in [6, 6.07) is 8.33. The third-order valence-corrected chi connectivity index (χ3v) is 4.96. The van der Waals surface area contributed by atoms with Crippen LogP contribution in [0.4, 0.5) is 10.5 Å². The molecule has 0 radical (unpaired) electrons. The Morgan fingerprint density at radius 1 is 1.14 bits per heavy atom. The van der Waals surface area contributed by atoms with Crippen LogP contribution in [-0.2, 0) is 20.9 Å². The number of morpholine rings is 1. The standard InChI is InChI=1S/C21H21N3O5/c1-14-11-15(4-5-18(14)23-6-9-28-10-7-23)12-17-19(25)22-21(27)24(20(17)26)13-16-3-2-8-29-16/h2-5,8,11-12H,6-7,9-10,13H2,1H3,(H,22,25,27). The second-order valence-electron chi connectivity index (χ2n) is 6.93. The van der Waals surface area contributed by atoms with E-state index in [0.717, 1.165) is 29.2 Å². The average molecular weight is 395 g/mol. The molecule has 3 heterocycles. The first-order valence-corrected chi connectivity index (χ1v) is 9.37. The SMILES string of the molecule is Cc1cc(C=C2C(=O)NC(=O)N(Cc3ccco3)C2=O)ccc1N1CCOCC1. The third kappa shape index (κ3) is 3.93. The summed E-state index contributed by atoms with van der Waals surface area (Å²) in [5, 5.41) is 2.22. The summed E-state index contributed by atoms with van der Waals surface area (Å²) >= 11 is 0. The Kier molecular flexibility index (Phi) is 5.18. The minimum absolute atomic E-state index is 0.0444. The van der Waals surface area contributed by atoms with Gasteiger partial charge in [-0.2, -0.15) is 0 Å². The number of carbonyl (C=O) groups excluding carboxylic acids is 3. The highest BCUT2D eigenvalue weighted by atomic mass is 16.5. The summed E-state index contributed by atoms with van der Waals surface area (Å²) in [7, 11) is 0. The maximum absolute atomic E-state index is 12.8. The van der Waals surface area contributed by atoms with Crippen molar-refractivity contribution in [2.45, 2.75) is 13.5 Å². The molecule has 2 aliphatic rings. The van der Waals surface area contributed by atoms with E-state index in [0.29, 0.717) is 24.5 Å². The Labute approximate surface area is 167 Å². The predicted molar refractivity (Wildman–Crippen MR) is 105 cm³/mol. The molecule has 0 atom stereocenters. The number of barbiturate groups is 1. The number of anilines is 1. The van der Waals surface area contributed by atoms with E-state index in [1.807, 2.05) is 25.1 Å². The predicted octanol–water partition coefficient (Wildman–Crippen LogP) is 2.09. The van der Waals surface area contributed by atoms with Crippen LogP contribution >= 0.6 is 0 Å². The van der Waals surface area contributed by atoms with Gasteiger partial charge < -0.3 is 14.1 Å². The first-order chi connectivity index (χ1) is 14.0. The van der Waals surface area contributed by atoms with Gasteiger partial charge in [0.15, 0.2) is 0 Å². The lowest BCUT2D eigenvalue weighted by Crippen LogP contribution is -2.53. The maximum Gasteiger partial charge on any atom is 0.331 e. The van der Waals surface area contributed by atoms with Gasteiger partial charge in [-0.1, -0.05) is 6.07 Å². The van der Waals surface area contributed by atoms with Gasteiger partial charge in [0.25, 0.3) is 11.8 Å². The van der Waals surface area contributed by atoms with Gasteiger partial charge in [-0.05, 0) is 48.4 Å². The van der Waals surface area contributed by atoms with Crippen molar-refractivity contribution < 1.29 is 23.5 Å². The lowest BCUT2D eigenvalue weighted by atomic mass is 10.0. The van der Waals surface area contributed by atoms with Crippen molar-refractivity contribution in [3.05, 3.63) is 59.1 Å². The monoisotopic (exact) mass is 395 g/mol. The number of hydrogen-bond acceptors (Lipinski definition) is 6. The summed E-state index contributed by atoms with van der Waals surface area (Å²) in [5.41, 5.74) is 2.76. The Balaban J connectivity index is 1.58. The van der Waals surface area contributed by atoms with E-state index in [4.69, 9.17) is 9.15 Å². The van der Waals surface area contributed by atoms with Crippen molar-refractivity contribution in [3.63, 3.8) is 0 Å². The van der Waals surface area contributed by atoms with Gasteiger partial charge in [0, 0.05) is 18.8 Å². The minimum Gasteiger partial charge on any atom is -0.467 e. The molecule has 8 heteroatoms. The van der Waals surface area contributed by atoms with Crippen LogP contribution in [0.5, 0.6) is 0 Å². The smallest absolute Gasteiger partial charge is 0.331 e. The number of imide groups is 2. The first kappa shape index (κ1) is 18.9. The molecule has 29 heavy (non-hydrogen) atoms. The Morgan fingerprint density at radius 3 is 2.62 bits per heavy atom. The quantitative estimate of drug-likeness (QED) is 0.630. The zero-order chi connectivity index (χ0) is 20.4. The molecule has 150 valence electrons. The topological polar surface area (TPSA) is 92.1 Å². The van der Waals surface area contributed by atoms with E-state index in [1.165, 1.54) is 12.3 Å². The number of rotatable bonds is 4. The molecule has 2 saturated heterocycles. The van der Waals surface area contributed by atoms with Crippen molar-refractivity contribution in [1.29, 1.82) is 0 Å². The molecule has 8 nitrogen and oxygen atoms in total. The zero-order valence-corrected chi connectivity index (χ0v) is 16.0. The molecular formula is C21H21N3O5. The van der Waals surface area contributed by atoms with Gasteiger partial charge in [-0.15, -0.1) is 0 Å². The van der Waals surface area contributed by atoms with Crippen molar-refractivity contribution >= 4 is 29.6 Å². The van der Waals surface area contributed by atoms with E-state index >= 15 is 0 Å². The number of carbonyl (C=O) groups is 3. The second-order valence-corrected chi connectivity index (χ2v) is 6.93. The molecule has 0 spiro atoms.